The van der Waals surface area contributed by atoms with Crippen LogP contribution in [0.1, 0.15) is 43.7 Å². The Morgan fingerprint density at radius 3 is 2.11 bits per heavy atom. The highest BCUT2D eigenvalue weighted by atomic mass is 32.1. The van der Waals surface area contributed by atoms with E-state index < -0.39 is 14.3 Å². The molecular weight excluding hydrogens is 484 g/mol. The molecule has 0 aliphatic carbocycles. The second-order valence-corrected chi connectivity index (χ2v) is 14.7. The molecule has 7 heteroatoms. The molecule has 0 aliphatic rings. The molecule has 186 valence electrons. The van der Waals surface area contributed by atoms with Crippen LogP contribution >= 0.6 is 11.3 Å². The van der Waals surface area contributed by atoms with Crippen LogP contribution in [0.2, 0.25) is 5.04 Å². The Balaban J connectivity index is 1.52. The van der Waals surface area contributed by atoms with Gasteiger partial charge in [-0.15, -0.1) is 11.3 Å². The minimum Gasteiger partial charge on any atom is -0.461 e. The zero-order chi connectivity index (χ0) is 25.6. The van der Waals surface area contributed by atoms with Gasteiger partial charge >= 0.3 is 5.97 Å². The average molecular weight is 517 g/mol. The number of esters is 1. The Morgan fingerprint density at radius 2 is 1.58 bits per heavy atom. The molecule has 5 nitrogen and oxygen atoms in total. The van der Waals surface area contributed by atoms with Crippen LogP contribution in [0.4, 0.5) is 0 Å². The van der Waals surface area contributed by atoms with Gasteiger partial charge in [-0.1, -0.05) is 87.5 Å². The smallest absolute Gasteiger partial charge is 0.357 e. The van der Waals surface area contributed by atoms with Gasteiger partial charge < -0.3 is 9.16 Å². The fourth-order valence-electron chi connectivity index (χ4n) is 4.47. The third-order valence-electron chi connectivity index (χ3n) is 6.16. The molecule has 2 heterocycles. The minimum absolute atomic E-state index is 0.0563. The SMILES string of the molecule is CCOC(=O)c1csc(-c2ccc(CCO[Si](c3ccccc3)(c3ccccc3)C(C)(C)C)cn2)n1. The third-order valence-corrected chi connectivity index (χ3v) is 12.1. The lowest BCUT2D eigenvalue weighted by atomic mass is 10.2. The highest BCUT2D eigenvalue weighted by molar-refractivity contribution is 7.13. The van der Waals surface area contributed by atoms with Crippen molar-refractivity contribution in [2.75, 3.05) is 13.2 Å². The lowest BCUT2D eigenvalue weighted by molar-refractivity contribution is 0.0520. The van der Waals surface area contributed by atoms with Crippen molar-refractivity contribution in [3.8, 4) is 10.7 Å². The predicted molar refractivity (Wildman–Crippen MR) is 149 cm³/mol. The summed E-state index contributed by atoms with van der Waals surface area (Å²) in [7, 11) is -2.55. The number of nitrogens with zero attached hydrogens (tertiary/aromatic N) is 2. The molecule has 2 aromatic heterocycles. The average Bonchev–Trinajstić information content (AvgIpc) is 3.38. The second-order valence-electron chi connectivity index (χ2n) is 9.57. The zero-order valence-corrected chi connectivity index (χ0v) is 23.0. The predicted octanol–water partition coefficient (Wildman–Crippen LogP) is 5.50. The van der Waals surface area contributed by atoms with Gasteiger partial charge in [-0.05, 0) is 40.4 Å². The molecule has 0 unspecified atom stereocenters. The molecule has 4 aromatic rings. The zero-order valence-electron chi connectivity index (χ0n) is 21.2. The van der Waals surface area contributed by atoms with Gasteiger partial charge in [-0.3, -0.25) is 4.98 Å². The summed E-state index contributed by atoms with van der Waals surface area (Å²) in [6.45, 7) is 9.56. The van der Waals surface area contributed by atoms with Crippen molar-refractivity contribution >= 4 is 36.0 Å². The highest BCUT2D eigenvalue weighted by Gasteiger charge is 2.49. The Bertz CT molecular complexity index is 1230. The Kier molecular flexibility index (Phi) is 8.13. The van der Waals surface area contributed by atoms with E-state index in [4.69, 9.17) is 9.16 Å². The normalized spacial score (nSPS) is 11.9. The maximum Gasteiger partial charge on any atom is 0.357 e. The quantitative estimate of drug-likeness (QED) is 0.217. The second kappa shape index (κ2) is 11.3. The van der Waals surface area contributed by atoms with E-state index in [0.29, 0.717) is 23.9 Å². The van der Waals surface area contributed by atoms with Gasteiger partial charge in [0.25, 0.3) is 8.32 Å². The van der Waals surface area contributed by atoms with E-state index in [1.807, 2.05) is 12.3 Å². The van der Waals surface area contributed by atoms with E-state index >= 15 is 0 Å². The first kappa shape index (κ1) is 25.9. The van der Waals surface area contributed by atoms with Crippen LogP contribution in [0.15, 0.2) is 84.4 Å². The summed E-state index contributed by atoms with van der Waals surface area (Å²) in [6, 6.07) is 25.4. The van der Waals surface area contributed by atoms with Crippen molar-refractivity contribution in [2.24, 2.45) is 0 Å². The van der Waals surface area contributed by atoms with Crippen molar-refractivity contribution in [1.29, 1.82) is 0 Å². The van der Waals surface area contributed by atoms with Crippen molar-refractivity contribution in [3.05, 3.63) is 95.6 Å². The summed E-state index contributed by atoms with van der Waals surface area (Å²) in [4.78, 5) is 20.9. The summed E-state index contributed by atoms with van der Waals surface area (Å²) >= 11 is 1.39. The number of carbonyl (C=O) groups excluding carboxylic acids is 1. The highest BCUT2D eigenvalue weighted by Crippen LogP contribution is 2.36. The van der Waals surface area contributed by atoms with Gasteiger partial charge in [0.05, 0.1) is 12.3 Å². The standard InChI is InChI=1S/C29H32N2O3SSi/c1-5-33-28(32)26-21-35-27(31-26)25-17-16-22(20-30-25)18-19-34-36(29(2,3)4,23-12-8-6-9-13-23)24-14-10-7-11-15-24/h6-17,20-21H,5,18-19H2,1-4H3. The third kappa shape index (κ3) is 5.48. The summed E-state index contributed by atoms with van der Waals surface area (Å²) < 4.78 is 12.0. The number of aromatic nitrogens is 2. The fraction of sp³-hybridized carbons (Fsp3) is 0.276. The maximum atomic E-state index is 11.9. The molecule has 0 saturated heterocycles. The van der Waals surface area contributed by atoms with E-state index in [-0.39, 0.29) is 5.04 Å². The van der Waals surface area contributed by atoms with Gasteiger partial charge in [0.2, 0.25) is 0 Å². The molecule has 0 atom stereocenters. The van der Waals surface area contributed by atoms with E-state index in [1.54, 1.807) is 12.3 Å². The number of hydrogen-bond donors (Lipinski definition) is 0. The van der Waals surface area contributed by atoms with Gasteiger partial charge in [0.15, 0.2) is 5.69 Å². The molecule has 0 saturated carbocycles. The molecule has 0 aliphatic heterocycles. The van der Waals surface area contributed by atoms with Crippen molar-refractivity contribution in [3.63, 3.8) is 0 Å². The van der Waals surface area contributed by atoms with Crippen LogP contribution in [0.5, 0.6) is 0 Å². The monoisotopic (exact) mass is 516 g/mol. The molecule has 2 aromatic carbocycles. The molecule has 0 radical (unpaired) electrons. The van der Waals surface area contributed by atoms with Crippen LogP contribution < -0.4 is 10.4 Å². The molecule has 0 fully saturated rings. The molecule has 0 spiro atoms. The summed E-state index contributed by atoms with van der Waals surface area (Å²) in [5.74, 6) is -0.405. The Hall–Kier alpha value is -3.13. The van der Waals surface area contributed by atoms with E-state index in [0.717, 1.165) is 17.7 Å². The largest absolute Gasteiger partial charge is 0.461 e. The molecule has 0 amide bonds. The Labute approximate surface area is 218 Å². The van der Waals surface area contributed by atoms with E-state index in [9.17, 15) is 4.79 Å². The summed E-state index contributed by atoms with van der Waals surface area (Å²) in [6.07, 6.45) is 2.62. The van der Waals surface area contributed by atoms with Crippen LogP contribution in [0.3, 0.4) is 0 Å². The molecule has 0 N–H and O–H groups in total. The van der Waals surface area contributed by atoms with Crippen molar-refractivity contribution in [2.45, 2.75) is 39.2 Å². The van der Waals surface area contributed by atoms with Crippen LogP contribution in [0, 0.1) is 0 Å². The first-order valence-electron chi connectivity index (χ1n) is 12.2. The number of ether oxygens (including phenoxy) is 1. The van der Waals surface area contributed by atoms with Crippen LogP contribution in [0.25, 0.3) is 10.7 Å². The molecule has 36 heavy (non-hydrogen) atoms. The first-order chi connectivity index (χ1) is 17.3. The van der Waals surface area contributed by atoms with Crippen molar-refractivity contribution in [1.82, 2.24) is 9.97 Å². The van der Waals surface area contributed by atoms with Crippen LogP contribution in [-0.4, -0.2) is 37.5 Å². The number of pyridine rings is 1. The lowest BCUT2D eigenvalue weighted by Crippen LogP contribution is -2.66. The van der Waals surface area contributed by atoms with Gasteiger partial charge in [-0.2, -0.15) is 0 Å². The van der Waals surface area contributed by atoms with Crippen LogP contribution in [-0.2, 0) is 15.6 Å². The molecular formula is C29H32N2O3SSi. The van der Waals surface area contributed by atoms with Gasteiger partial charge in [-0.25, -0.2) is 9.78 Å². The number of carbonyl (C=O) groups is 1. The van der Waals surface area contributed by atoms with Crippen molar-refractivity contribution < 1.29 is 14.0 Å². The Morgan fingerprint density at radius 1 is 0.944 bits per heavy atom. The summed E-state index contributed by atoms with van der Waals surface area (Å²) in [5.41, 5.74) is 2.16. The van der Waals surface area contributed by atoms with Gasteiger partial charge in [0, 0.05) is 18.2 Å². The maximum absolute atomic E-state index is 11.9. The number of hydrogen-bond acceptors (Lipinski definition) is 6. The number of rotatable bonds is 9. The van der Waals surface area contributed by atoms with E-state index in [2.05, 4.69) is 97.5 Å². The first-order valence-corrected chi connectivity index (χ1v) is 15.0. The molecule has 0 bridgehead atoms. The van der Waals surface area contributed by atoms with E-state index in [1.165, 1.54) is 21.7 Å². The fourth-order valence-corrected chi connectivity index (χ4v) is 9.80. The van der Waals surface area contributed by atoms with Gasteiger partial charge in [0.1, 0.15) is 5.01 Å². The topological polar surface area (TPSA) is 61.3 Å². The number of thiazole rings is 1. The minimum atomic E-state index is -2.55. The lowest BCUT2D eigenvalue weighted by Gasteiger charge is -2.43. The molecule has 4 rings (SSSR count). The summed E-state index contributed by atoms with van der Waals surface area (Å²) in [5, 5.41) is 4.91. The number of benzene rings is 2.